The van der Waals surface area contributed by atoms with Crippen LogP contribution in [0.15, 0.2) is 212 Å². The fourth-order valence-electron chi connectivity index (χ4n) is 9.10. The minimum Gasteiger partial charge on any atom is -0.0660 e. The van der Waals surface area contributed by atoms with Gasteiger partial charge in [0, 0.05) is 5.41 Å². The Hall–Kier alpha value is -6.76. The molecule has 0 amide bonds. The summed E-state index contributed by atoms with van der Waals surface area (Å²) in [5, 5.41) is 7.65. The van der Waals surface area contributed by atoms with Crippen LogP contribution < -0.4 is 0 Å². The smallest absolute Gasteiger partial charge is 0.0159 e. The highest BCUT2D eigenvalue weighted by Crippen LogP contribution is 2.48. The van der Waals surface area contributed by atoms with E-state index in [1.54, 1.807) is 0 Å². The molecule has 0 saturated carbocycles. The highest BCUT2D eigenvalue weighted by molar-refractivity contribution is 6.22. The van der Waals surface area contributed by atoms with Gasteiger partial charge in [-0.2, -0.15) is 0 Å². The van der Waals surface area contributed by atoms with Crippen molar-refractivity contribution < 1.29 is 0 Å². The Bertz CT molecular complexity index is 2920. The van der Waals surface area contributed by atoms with E-state index >= 15 is 0 Å². The largest absolute Gasteiger partial charge is 0.0660 e. The van der Waals surface area contributed by atoms with Gasteiger partial charge in [-0.05, 0) is 106 Å². The van der Waals surface area contributed by atoms with Crippen molar-refractivity contribution in [1.82, 2.24) is 0 Å². The molecule has 0 fully saturated rings. The molecule has 55 heavy (non-hydrogen) atoms. The van der Waals surface area contributed by atoms with Crippen LogP contribution in [-0.4, -0.2) is 0 Å². The molecule has 9 aromatic carbocycles. The normalized spacial score (nSPS) is 15.6. The lowest BCUT2D eigenvalue weighted by Crippen LogP contribution is -2.23. The van der Waals surface area contributed by atoms with E-state index in [0.29, 0.717) is 0 Å². The molecule has 0 nitrogen and oxygen atoms in total. The second-order valence-corrected chi connectivity index (χ2v) is 15.1. The summed E-state index contributed by atoms with van der Waals surface area (Å²) in [4.78, 5) is 0. The summed E-state index contributed by atoms with van der Waals surface area (Å²) in [6, 6.07) is 73.4. The summed E-state index contributed by atoms with van der Waals surface area (Å²) >= 11 is 0. The van der Waals surface area contributed by atoms with E-state index in [1.807, 2.05) is 0 Å². The van der Waals surface area contributed by atoms with Gasteiger partial charge in [-0.3, -0.25) is 0 Å². The molecule has 0 saturated heterocycles. The zero-order valence-corrected chi connectivity index (χ0v) is 30.9. The van der Waals surface area contributed by atoms with Gasteiger partial charge in [0.05, 0.1) is 0 Å². The quantitative estimate of drug-likeness (QED) is 0.152. The van der Waals surface area contributed by atoms with Crippen LogP contribution in [0.3, 0.4) is 0 Å². The Morgan fingerprint density at radius 2 is 0.836 bits per heavy atom. The van der Waals surface area contributed by atoms with E-state index in [-0.39, 0.29) is 5.41 Å². The molecule has 0 aliphatic heterocycles. The molecule has 0 bridgehead atoms. The lowest BCUT2D eigenvalue weighted by molar-refractivity contribution is 0.617. The van der Waals surface area contributed by atoms with Crippen molar-refractivity contribution in [3.05, 3.63) is 229 Å². The van der Waals surface area contributed by atoms with Gasteiger partial charge in [0.15, 0.2) is 0 Å². The summed E-state index contributed by atoms with van der Waals surface area (Å²) in [5.41, 5.74) is 13.8. The molecule has 1 aliphatic rings. The highest BCUT2D eigenvalue weighted by atomic mass is 14.4. The first-order chi connectivity index (χ1) is 27.1. The van der Waals surface area contributed by atoms with Crippen LogP contribution >= 0.6 is 0 Å². The first-order valence-corrected chi connectivity index (χ1v) is 19.3. The van der Waals surface area contributed by atoms with Gasteiger partial charge < -0.3 is 0 Å². The summed E-state index contributed by atoms with van der Waals surface area (Å²) in [7, 11) is 0. The Kier molecular flexibility index (Phi) is 8.11. The fraction of sp³-hybridized carbons (Fsp3) is 0.0545. The standard InChI is InChI=1S/C55H40/c1-55(36-43(38-18-6-2-7-19-38)34-44(37-55)39-20-8-3-9-21-39)52-33-32-45(46-26-14-15-27-47(46)52)42-30-31-50-51(35-42)54(41-24-12-5-13-25-41)49-29-17-16-28-48(49)53(50)40-22-10-4-11-23-40/h2-36H,37H2,1H3. The molecule has 0 N–H and O–H groups in total. The van der Waals surface area contributed by atoms with Gasteiger partial charge in [0.2, 0.25) is 0 Å². The molecule has 0 spiro atoms. The van der Waals surface area contributed by atoms with Crippen LogP contribution in [0, 0.1) is 0 Å². The van der Waals surface area contributed by atoms with Crippen LogP contribution in [-0.2, 0) is 5.41 Å². The molecule has 1 unspecified atom stereocenters. The SMILES string of the molecule is CC1(c2ccc(-c3ccc4c(-c5ccccc5)c5ccccc5c(-c5ccccc5)c4c3)c3ccccc23)C=C(c2ccccc2)C=C(c2ccccc2)C1. The topological polar surface area (TPSA) is 0 Å². The maximum Gasteiger partial charge on any atom is 0.0159 e. The first-order valence-electron chi connectivity index (χ1n) is 19.3. The van der Waals surface area contributed by atoms with E-state index in [0.717, 1.165) is 6.42 Å². The van der Waals surface area contributed by atoms with Crippen molar-refractivity contribution in [3.63, 3.8) is 0 Å². The fourth-order valence-corrected chi connectivity index (χ4v) is 9.10. The molecular weight excluding hydrogens is 661 g/mol. The van der Waals surface area contributed by atoms with Crippen molar-refractivity contribution in [3.8, 4) is 33.4 Å². The van der Waals surface area contributed by atoms with Crippen molar-refractivity contribution in [2.75, 3.05) is 0 Å². The zero-order valence-electron chi connectivity index (χ0n) is 30.9. The van der Waals surface area contributed by atoms with Gasteiger partial charge in [0.1, 0.15) is 0 Å². The molecule has 1 atom stereocenters. The molecule has 0 heterocycles. The molecule has 0 radical (unpaired) electrons. The van der Waals surface area contributed by atoms with Gasteiger partial charge in [-0.15, -0.1) is 0 Å². The lowest BCUT2D eigenvalue weighted by atomic mass is 9.69. The van der Waals surface area contributed by atoms with Crippen LogP contribution in [0.4, 0.5) is 0 Å². The molecule has 260 valence electrons. The maximum atomic E-state index is 2.51. The highest BCUT2D eigenvalue weighted by Gasteiger charge is 2.32. The average molecular weight is 701 g/mol. The average Bonchev–Trinajstić information content (AvgIpc) is 3.26. The lowest BCUT2D eigenvalue weighted by Gasteiger charge is -2.34. The first kappa shape index (κ1) is 32.9. The third kappa shape index (κ3) is 5.79. The Morgan fingerprint density at radius 3 is 1.44 bits per heavy atom. The number of rotatable bonds is 6. The number of fused-ring (bicyclic) bond motifs is 3. The van der Waals surface area contributed by atoms with Crippen molar-refractivity contribution >= 4 is 43.5 Å². The second-order valence-electron chi connectivity index (χ2n) is 15.1. The summed E-state index contributed by atoms with van der Waals surface area (Å²) in [6.45, 7) is 2.42. The van der Waals surface area contributed by atoms with E-state index in [9.17, 15) is 0 Å². The van der Waals surface area contributed by atoms with Crippen LogP contribution in [0.1, 0.15) is 30.0 Å². The van der Waals surface area contributed by atoms with E-state index in [2.05, 4.69) is 219 Å². The Labute approximate surface area is 323 Å². The van der Waals surface area contributed by atoms with Crippen molar-refractivity contribution in [2.24, 2.45) is 0 Å². The Balaban J connectivity index is 1.19. The molecule has 9 aromatic rings. The minimum atomic E-state index is -0.226. The van der Waals surface area contributed by atoms with E-state index < -0.39 is 0 Å². The molecule has 0 heteroatoms. The molecule has 1 aliphatic carbocycles. The van der Waals surface area contributed by atoms with E-state index in [4.69, 9.17) is 0 Å². The van der Waals surface area contributed by atoms with Crippen molar-refractivity contribution in [2.45, 2.75) is 18.8 Å². The van der Waals surface area contributed by atoms with Crippen molar-refractivity contribution in [1.29, 1.82) is 0 Å². The van der Waals surface area contributed by atoms with Gasteiger partial charge >= 0.3 is 0 Å². The van der Waals surface area contributed by atoms with Crippen LogP contribution in [0.2, 0.25) is 0 Å². The van der Waals surface area contributed by atoms with Gasteiger partial charge in [0.25, 0.3) is 0 Å². The predicted molar refractivity (Wildman–Crippen MR) is 236 cm³/mol. The summed E-state index contributed by atoms with van der Waals surface area (Å²) < 4.78 is 0. The third-order valence-electron chi connectivity index (χ3n) is 11.6. The molecular formula is C55H40. The zero-order chi connectivity index (χ0) is 36.8. The van der Waals surface area contributed by atoms with E-state index in [1.165, 1.54) is 93.5 Å². The Morgan fingerprint density at radius 1 is 0.364 bits per heavy atom. The number of benzene rings is 9. The summed E-state index contributed by atoms with van der Waals surface area (Å²) in [6.07, 6.45) is 5.83. The predicted octanol–water partition coefficient (Wildman–Crippen LogP) is 15.0. The number of hydrogen-bond donors (Lipinski definition) is 0. The third-order valence-corrected chi connectivity index (χ3v) is 11.6. The van der Waals surface area contributed by atoms with Gasteiger partial charge in [-0.25, -0.2) is 0 Å². The minimum absolute atomic E-state index is 0.226. The van der Waals surface area contributed by atoms with Gasteiger partial charge in [-0.1, -0.05) is 213 Å². The van der Waals surface area contributed by atoms with Crippen LogP contribution in [0.5, 0.6) is 0 Å². The number of hydrogen-bond acceptors (Lipinski definition) is 0. The second kappa shape index (κ2) is 13.6. The monoisotopic (exact) mass is 700 g/mol. The summed E-state index contributed by atoms with van der Waals surface area (Å²) in [5.74, 6) is 0. The molecule has 0 aromatic heterocycles. The maximum absolute atomic E-state index is 2.51. The number of allylic oxidation sites excluding steroid dienone is 4. The van der Waals surface area contributed by atoms with Crippen LogP contribution in [0.25, 0.3) is 76.8 Å². The molecule has 10 rings (SSSR count).